The van der Waals surface area contributed by atoms with Gasteiger partial charge in [0.15, 0.2) is 0 Å². The Morgan fingerprint density at radius 3 is 2.22 bits per heavy atom. The highest BCUT2D eigenvalue weighted by atomic mass is 32.1. The van der Waals surface area contributed by atoms with E-state index in [1.54, 1.807) is 0 Å². The Hall–Kier alpha value is -3.08. The number of carbonyl (C=O) groups is 5. The molecule has 4 N–H and O–H groups in total. The molecule has 11 heteroatoms. The zero-order valence-corrected chi connectivity index (χ0v) is 21.5. The van der Waals surface area contributed by atoms with Gasteiger partial charge in [0.25, 0.3) is 0 Å². The molecule has 0 bridgehead atoms. The van der Waals surface area contributed by atoms with Crippen molar-refractivity contribution in [3.8, 4) is 0 Å². The van der Waals surface area contributed by atoms with Crippen molar-refractivity contribution in [1.82, 2.24) is 21.3 Å². The van der Waals surface area contributed by atoms with Gasteiger partial charge in [-0.1, -0.05) is 43.2 Å². The van der Waals surface area contributed by atoms with Crippen molar-refractivity contribution in [1.29, 1.82) is 0 Å². The van der Waals surface area contributed by atoms with Gasteiger partial charge in [0.2, 0.25) is 22.8 Å². The molecule has 37 heavy (non-hydrogen) atoms. The van der Waals surface area contributed by atoms with Crippen LogP contribution in [0.1, 0.15) is 50.5 Å². The number of rotatable bonds is 13. The fraction of sp³-hybridized carbons (Fsp3) is 0.577. The summed E-state index contributed by atoms with van der Waals surface area (Å²) in [6.45, 7) is 0.616. The smallest absolute Gasteiger partial charge is 0.408 e. The predicted octanol–water partition coefficient (Wildman–Crippen LogP) is 1.44. The van der Waals surface area contributed by atoms with E-state index in [1.807, 2.05) is 30.3 Å². The predicted molar refractivity (Wildman–Crippen MR) is 137 cm³/mol. The van der Waals surface area contributed by atoms with Gasteiger partial charge in [0.1, 0.15) is 18.7 Å². The molecule has 4 atom stereocenters. The highest BCUT2D eigenvalue weighted by molar-refractivity contribution is 7.96. The Bertz CT molecular complexity index is 1010. The van der Waals surface area contributed by atoms with E-state index in [0.29, 0.717) is 25.3 Å². The van der Waals surface area contributed by atoms with E-state index in [2.05, 4.69) is 33.9 Å². The summed E-state index contributed by atoms with van der Waals surface area (Å²) in [4.78, 5) is 62.8. The fourth-order valence-electron chi connectivity index (χ4n) is 4.55. The standard InChI is InChI=1S/C26H34N4O6S/c31-22-18(10-11-27-22)13-20(25(34)37)29-23(32)19(12-15-6-7-15)28-24(33)21(17-8-9-17)30-26(35)36-14-16-4-2-1-3-5-16/h1-5,15,17-21H,6-14H2,(H,27,31)(H,28,33)(H,29,32)(H,30,35)(H,34,37)/t18-,19-,20-,21-/m0/s1. The highest BCUT2D eigenvalue weighted by Gasteiger charge is 2.40. The summed E-state index contributed by atoms with van der Waals surface area (Å²) in [6.07, 6.45) is 3.99. The summed E-state index contributed by atoms with van der Waals surface area (Å²) in [5, 5.41) is 10.3. The van der Waals surface area contributed by atoms with Crippen molar-refractivity contribution in [3.63, 3.8) is 0 Å². The summed E-state index contributed by atoms with van der Waals surface area (Å²) in [5.74, 6) is -1.18. The maximum atomic E-state index is 13.2. The normalized spacial score (nSPS) is 21.2. The summed E-state index contributed by atoms with van der Waals surface area (Å²) in [5.41, 5.74) is 0.828. The Morgan fingerprint density at radius 2 is 1.62 bits per heavy atom. The number of thiol groups is 1. The van der Waals surface area contributed by atoms with Gasteiger partial charge < -0.3 is 26.0 Å². The molecule has 2 saturated carbocycles. The van der Waals surface area contributed by atoms with Gasteiger partial charge >= 0.3 is 6.09 Å². The minimum Gasteiger partial charge on any atom is -0.445 e. The molecular weight excluding hydrogens is 496 g/mol. The second kappa shape index (κ2) is 12.4. The summed E-state index contributed by atoms with van der Waals surface area (Å²) in [7, 11) is 0. The monoisotopic (exact) mass is 530 g/mol. The first-order valence-electron chi connectivity index (χ1n) is 12.9. The van der Waals surface area contributed by atoms with E-state index < -0.39 is 41.1 Å². The summed E-state index contributed by atoms with van der Waals surface area (Å²) < 4.78 is 5.28. The second-order valence-electron chi connectivity index (χ2n) is 10.2. The van der Waals surface area contributed by atoms with E-state index in [0.717, 1.165) is 31.2 Å². The van der Waals surface area contributed by atoms with Crippen LogP contribution in [0.4, 0.5) is 4.79 Å². The maximum absolute atomic E-state index is 13.2. The van der Waals surface area contributed by atoms with Gasteiger partial charge in [-0.25, -0.2) is 4.79 Å². The Kier molecular flexibility index (Phi) is 9.07. The van der Waals surface area contributed by atoms with Gasteiger partial charge in [-0.2, -0.15) is 0 Å². The molecule has 0 spiro atoms. The number of nitrogens with one attached hydrogen (secondary N) is 4. The molecule has 10 nitrogen and oxygen atoms in total. The second-order valence-corrected chi connectivity index (χ2v) is 10.6. The van der Waals surface area contributed by atoms with Crippen LogP contribution in [0.25, 0.3) is 0 Å². The van der Waals surface area contributed by atoms with E-state index in [4.69, 9.17) is 4.74 Å². The van der Waals surface area contributed by atoms with Crippen molar-refractivity contribution in [2.45, 2.75) is 69.7 Å². The number of amides is 4. The van der Waals surface area contributed by atoms with Crippen LogP contribution in [0.3, 0.4) is 0 Å². The van der Waals surface area contributed by atoms with Crippen molar-refractivity contribution < 1.29 is 28.7 Å². The summed E-state index contributed by atoms with van der Waals surface area (Å²) in [6, 6.07) is 6.60. The van der Waals surface area contributed by atoms with Crippen molar-refractivity contribution in [2.24, 2.45) is 17.8 Å². The van der Waals surface area contributed by atoms with E-state index >= 15 is 0 Å². The average molecular weight is 531 g/mol. The van der Waals surface area contributed by atoms with E-state index in [1.165, 1.54) is 0 Å². The van der Waals surface area contributed by atoms with Crippen molar-refractivity contribution in [2.75, 3.05) is 6.54 Å². The topological polar surface area (TPSA) is 143 Å². The molecule has 3 fully saturated rings. The molecule has 0 aromatic heterocycles. The number of hydrogen-bond acceptors (Lipinski definition) is 6. The first-order chi connectivity index (χ1) is 17.8. The Labute approximate surface area is 221 Å². The molecule has 0 unspecified atom stereocenters. The van der Waals surface area contributed by atoms with Crippen molar-refractivity contribution in [3.05, 3.63) is 35.9 Å². The number of alkyl carbamates (subject to hydrolysis) is 1. The molecule has 1 aromatic rings. The molecule has 1 saturated heterocycles. The molecule has 1 heterocycles. The molecular formula is C26H34N4O6S. The SMILES string of the molecule is O=C(N[C@H](C(=O)N[C@@H](CC1CC1)C(=O)N[C@@H](C[C@@H]1CCNC1=O)C(=O)S)C1CC1)OCc1ccccc1. The van der Waals surface area contributed by atoms with Crippen LogP contribution in [-0.2, 0) is 30.5 Å². The van der Waals surface area contributed by atoms with E-state index in [9.17, 15) is 24.0 Å². The molecule has 4 rings (SSSR count). The van der Waals surface area contributed by atoms with Gasteiger partial charge in [-0.05, 0) is 49.5 Å². The van der Waals surface area contributed by atoms with Crippen molar-refractivity contribution >= 4 is 41.6 Å². The fourth-order valence-corrected chi connectivity index (χ4v) is 4.72. The summed E-state index contributed by atoms with van der Waals surface area (Å²) >= 11 is 3.91. The highest BCUT2D eigenvalue weighted by Crippen LogP contribution is 2.35. The number of benzene rings is 1. The number of ether oxygens (including phenoxy) is 1. The molecule has 1 aromatic carbocycles. The first kappa shape index (κ1) is 27.0. The lowest BCUT2D eigenvalue weighted by Crippen LogP contribution is -2.56. The van der Waals surface area contributed by atoms with Gasteiger partial charge in [-0.3, -0.25) is 19.2 Å². The zero-order valence-electron chi connectivity index (χ0n) is 20.6. The Morgan fingerprint density at radius 1 is 0.919 bits per heavy atom. The molecule has 2 aliphatic carbocycles. The van der Waals surface area contributed by atoms with Gasteiger partial charge in [0, 0.05) is 12.5 Å². The minimum absolute atomic E-state index is 0.0263. The molecule has 0 radical (unpaired) electrons. The lowest BCUT2D eigenvalue weighted by molar-refractivity contribution is -0.132. The lowest BCUT2D eigenvalue weighted by Gasteiger charge is -2.25. The molecule has 200 valence electrons. The maximum Gasteiger partial charge on any atom is 0.408 e. The van der Waals surface area contributed by atoms with Crippen LogP contribution in [0.5, 0.6) is 0 Å². The lowest BCUT2D eigenvalue weighted by atomic mass is 9.98. The zero-order chi connectivity index (χ0) is 26.4. The van der Waals surface area contributed by atoms with Crippen LogP contribution >= 0.6 is 12.6 Å². The van der Waals surface area contributed by atoms with Crippen LogP contribution < -0.4 is 21.3 Å². The average Bonchev–Trinajstić information content (AvgIpc) is 3.81. The molecule has 4 amide bonds. The van der Waals surface area contributed by atoms with Crippen LogP contribution in [0.15, 0.2) is 30.3 Å². The first-order valence-corrected chi connectivity index (χ1v) is 13.3. The molecule has 1 aliphatic heterocycles. The quantitative estimate of drug-likeness (QED) is 0.244. The van der Waals surface area contributed by atoms with Crippen LogP contribution in [0, 0.1) is 17.8 Å². The molecule has 3 aliphatic rings. The van der Waals surface area contributed by atoms with E-state index in [-0.39, 0.29) is 30.8 Å². The number of carbonyl (C=O) groups excluding carboxylic acids is 5. The van der Waals surface area contributed by atoms with Gasteiger partial charge in [-0.15, -0.1) is 12.6 Å². The third-order valence-corrected chi connectivity index (χ3v) is 7.37. The van der Waals surface area contributed by atoms with Crippen LogP contribution in [0.2, 0.25) is 0 Å². The third-order valence-electron chi connectivity index (χ3n) is 7.06. The minimum atomic E-state index is -0.936. The van der Waals surface area contributed by atoms with Crippen LogP contribution in [-0.4, -0.2) is 53.6 Å². The van der Waals surface area contributed by atoms with Gasteiger partial charge in [0.05, 0.1) is 6.04 Å². The Balaban J connectivity index is 1.34. The largest absolute Gasteiger partial charge is 0.445 e. The number of hydrogen-bond donors (Lipinski definition) is 5. The third kappa shape index (κ3) is 8.21.